The molecule has 1 fully saturated rings. The quantitative estimate of drug-likeness (QED) is 0.571. The summed E-state index contributed by atoms with van der Waals surface area (Å²) in [5, 5.41) is 1.30. The van der Waals surface area contributed by atoms with E-state index < -0.39 is 0 Å². The molecular formula is C21H20N4O. The molecular weight excluding hydrogens is 324 g/mol. The lowest BCUT2D eigenvalue weighted by atomic mass is 10.1. The van der Waals surface area contributed by atoms with Crippen molar-refractivity contribution < 1.29 is 4.74 Å². The highest BCUT2D eigenvalue weighted by Crippen LogP contribution is 2.26. The zero-order valence-corrected chi connectivity index (χ0v) is 14.5. The normalized spacial score (nSPS) is 15.7. The Morgan fingerprint density at radius 3 is 2.65 bits per heavy atom. The third-order valence-electron chi connectivity index (χ3n) is 5.05. The highest BCUT2D eigenvalue weighted by Gasteiger charge is 2.14. The van der Waals surface area contributed by atoms with Crippen LogP contribution in [0.15, 0.2) is 61.1 Å². The number of hydrogen-bond acceptors (Lipinski definition) is 4. The molecule has 130 valence electrons. The molecule has 4 aromatic rings. The number of aromatic nitrogens is 3. The first kappa shape index (κ1) is 15.5. The van der Waals surface area contributed by atoms with Crippen molar-refractivity contribution in [2.24, 2.45) is 0 Å². The Labute approximate surface area is 151 Å². The van der Waals surface area contributed by atoms with Gasteiger partial charge in [-0.3, -0.25) is 14.9 Å². The Bertz CT molecular complexity index is 1070. The van der Waals surface area contributed by atoms with Crippen molar-refractivity contribution in [2.75, 3.05) is 26.3 Å². The van der Waals surface area contributed by atoms with E-state index in [2.05, 4.69) is 62.0 Å². The van der Waals surface area contributed by atoms with Crippen molar-refractivity contribution in [3.63, 3.8) is 0 Å². The first-order valence-electron chi connectivity index (χ1n) is 8.99. The van der Waals surface area contributed by atoms with E-state index in [4.69, 9.17) is 4.74 Å². The summed E-state index contributed by atoms with van der Waals surface area (Å²) in [5.41, 5.74) is 5.52. The van der Waals surface area contributed by atoms with Crippen LogP contribution in [0.2, 0.25) is 0 Å². The third-order valence-corrected chi connectivity index (χ3v) is 5.05. The smallest absolute Gasteiger partial charge is 0.0907 e. The third kappa shape index (κ3) is 2.75. The van der Waals surface area contributed by atoms with E-state index in [1.54, 1.807) is 12.4 Å². The van der Waals surface area contributed by atoms with Gasteiger partial charge in [-0.25, -0.2) is 0 Å². The minimum atomic E-state index is 0.828. The molecule has 2 aromatic heterocycles. The second kappa shape index (κ2) is 6.52. The fraction of sp³-hybridized carbons (Fsp3) is 0.238. The molecule has 0 atom stereocenters. The van der Waals surface area contributed by atoms with E-state index in [0.29, 0.717) is 0 Å². The maximum absolute atomic E-state index is 5.47. The lowest BCUT2D eigenvalue weighted by Crippen LogP contribution is -2.35. The van der Waals surface area contributed by atoms with Crippen LogP contribution in [0.4, 0.5) is 0 Å². The highest BCUT2D eigenvalue weighted by molar-refractivity contribution is 5.86. The van der Waals surface area contributed by atoms with E-state index >= 15 is 0 Å². The number of benzene rings is 2. The molecule has 0 saturated carbocycles. The first-order chi connectivity index (χ1) is 12.9. The van der Waals surface area contributed by atoms with Gasteiger partial charge in [0, 0.05) is 49.3 Å². The fourth-order valence-corrected chi connectivity index (χ4v) is 3.70. The van der Waals surface area contributed by atoms with Crippen molar-refractivity contribution in [1.29, 1.82) is 0 Å². The number of rotatable bonds is 3. The second-order valence-corrected chi connectivity index (χ2v) is 6.65. The largest absolute Gasteiger partial charge is 0.379 e. The van der Waals surface area contributed by atoms with Gasteiger partial charge in [0.1, 0.15) is 0 Å². The second-order valence-electron chi connectivity index (χ2n) is 6.65. The van der Waals surface area contributed by atoms with Crippen LogP contribution in [-0.4, -0.2) is 45.7 Å². The summed E-state index contributed by atoms with van der Waals surface area (Å²) in [6, 6.07) is 15.0. The summed E-state index contributed by atoms with van der Waals surface area (Å²) in [5.74, 6) is 0. The Morgan fingerprint density at radius 1 is 0.923 bits per heavy atom. The predicted molar refractivity (Wildman–Crippen MR) is 102 cm³/mol. The molecule has 0 amide bonds. The van der Waals surface area contributed by atoms with Crippen LogP contribution < -0.4 is 0 Å². The highest BCUT2D eigenvalue weighted by atomic mass is 16.5. The van der Waals surface area contributed by atoms with Crippen LogP contribution in [-0.2, 0) is 11.3 Å². The monoisotopic (exact) mass is 344 g/mol. The molecule has 0 bridgehead atoms. The maximum atomic E-state index is 5.47. The number of morpholine rings is 1. The predicted octanol–water partition coefficient (Wildman–Crippen LogP) is 3.41. The fourth-order valence-electron chi connectivity index (χ4n) is 3.70. The molecule has 1 saturated heterocycles. The zero-order chi connectivity index (χ0) is 17.3. The number of nitrogens with zero attached hydrogens (tertiary/aromatic N) is 4. The maximum Gasteiger partial charge on any atom is 0.0907 e. The van der Waals surface area contributed by atoms with Crippen LogP contribution in [0.1, 0.15) is 5.56 Å². The Kier molecular flexibility index (Phi) is 3.88. The first-order valence-corrected chi connectivity index (χ1v) is 8.99. The average Bonchev–Trinajstić information content (AvgIpc) is 3.14. The van der Waals surface area contributed by atoms with Crippen molar-refractivity contribution in [3.05, 3.63) is 66.6 Å². The van der Waals surface area contributed by atoms with Gasteiger partial charge >= 0.3 is 0 Å². The average molecular weight is 344 g/mol. The van der Waals surface area contributed by atoms with E-state index in [1.165, 1.54) is 16.5 Å². The minimum Gasteiger partial charge on any atom is -0.379 e. The number of fused-ring (bicyclic) bond motifs is 2. The van der Waals surface area contributed by atoms with Gasteiger partial charge in [0.15, 0.2) is 0 Å². The molecule has 3 heterocycles. The van der Waals surface area contributed by atoms with Gasteiger partial charge in [0.25, 0.3) is 0 Å². The molecule has 2 aromatic carbocycles. The van der Waals surface area contributed by atoms with Crippen molar-refractivity contribution >= 4 is 21.9 Å². The lowest BCUT2D eigenvalue weighted by Gasteiger charge is -2.26. The van der Waals surface area contributed by atoms with E-state index in [9.17, 15) is 0 Å². The van der Waals surface area contributed by atoms with Gasteiger partial charge in [-0.1, -0.05) is 12.1 Å². The molecule has 5 heteroatoms. The van der Waals surface area contributed by atoms with Crippen LogP contribution in [0.25, 0.3) is 27.6 Å². The molecule has 1 aliphatic rings. The summed E-state index contributed by atoms with van der Waals surface area (Å²) in [4.78, 5) is 11.2. The lowest BCUT2D eigenvalue weighted by molar-refractivity contribution is 0.0344. The molecule has 0 aliphatic carbocycles. The zero-order valence-electron chi connectivity index (χ0n) is 14.5. The van der Waals surface area contributed by atoms with Crippen LogP contribution in [0, 0.1) is 0 Å². The van der Waals surface area contributed by atoms with Gasteiger partial charge in [0.2, 0.25) is 0 Å². The summed E-state index contributed by atoms with van der Waals surface area (Å²) in [6.07, 6.45) is 5.61. The molecule has 1 aliphatic heterocycles. The van der Waals surface area contributed by atoms with Crippen molar-refractivity contribution in [3.8, 4) is 5.69 Å². The molecule has 5 rings (SSSR count). The SMILES string of the molecule is c1cc(CN2CCOCC2)c2ccn(-c3ccc4nccnc4c3)c2c1. The van der Waals surface area contributed by atoms with E-state index in [1.807, 2.05) is 6.07 Å². The number of hydrogen-bond donors (Lipinski definition) is 0. The van der Waals surface area contributed by atoms with Gasteiger partial charge in [-0.15, -0.1) is 0 Å². The number of ether oxygens (including phenoxy) is 1. The molecule has 0 N–H and O–H groups in total. The van der Waals surface area contributed by atoms with Gasteiger partial charge < -0.3 is 9.30 Å². The molecule has 0 spiro atoms. The molecule has 26 heavy (non-hydrogen) atoms. The summed E-state index contributed by atoms with van der Waals surface area (Å²) in [6.45, 7) is 4.62. The van der Waals surface area contributed by atoms with E-state index in [0.717, 1.165) is 49.6 Å². The van der Waals surface area contributed by atoms with Crippen LogP contribution in [0.3, 0.4) is 0 Å². The molecule has 5 nitrogen and oxygen atoms in total. The Morgan fingerprint density at radius 2 is 1.77 bits per heavy atom. The van der Waals surface area contributed by atoms with Crippen LogP contribution >= 0.6 is 0 Å². The molecule has 0 unspecified atom stereocenters. The summed E-state index contributed by atoms with van der Waals surface area (Å²) in [7, 11) is 0. The topological polar surface area (TPSA) is 43.2 Å². The van der Waals surface area contributed by atoms with E-state index in [-0.39, 0.29) is 0 Å². The van der Waals surface area contributed by atoms with Gasteiger partial charge in [-0.2, -0.15) is 0 Å². The Hall–Kier alpha value is -2.76. The minimum absolute atomic E-state index is 0.828. The summed E-state index contributed by atoms with van der Waals surface area (Å²) >= 11 is 0. The Balaban J connectivity index is 1.55. The molecule has 0 radical (unpaired) electrons. The van der Waals surface area contributed by atoms with Gasteiger partial charge in [0.05, 0.1) is 29.8 Å². The van der Waals surface area contributed by atoms with Crippen LogP contribution in [0.5, 0.6) is 0 Å². The van der Waals surface area contributed by atoms with Gasteiger partial charge in [-0.05, 0) is 35.9 Å². The summed E-state index contributed by atoms with van der Waals surface area (Å²) < 4.78 is 7.69. The van der Waals surface area contributed by atoms with Crippen molar-refractivity contribution in [2.45, 2.75) is 6.54 Å². The standard InChI is InChI=1S/C21H20N4O/c1-2-16(15-24-10-12-26-13-11-24)18-6-9-25(21(18)3-1)17-4-5-19-20(14-17)23-8-7-22-19/h1-9,14H,10-13,15H2. The van der Waals surface area contributed by atoms with Crippen molar-refractivity contribution in [1.82, 2.24) is 19.4 Å².